The average Bonchev–Trinajstić information content (AvgIpc) is 2.87. The maximum Gasteiger partial charge on any atom is 0.310 e. The summed E-state index contributed by atoms with van der Waals surface area (Å²) < 4.78 is 0. The summed E-state index contributed by atoms with van der Waals surface area (Å²) in [7, 11) is 0. The first-order chi connectivity index (χ1) is 17.9. The van der Waals surface area contributed by atoms with E-state index in [0.29, 0.717) is 25.7 Å². The molecule has 0 aromatic rings. The maximum atomic E-state index is 12.9. The zero-order chi connectivity index (χ0) is 27.4. The van der Waals surface area contributed by atoms with Crippen LogP contribution in [-0.4, -0.2) is 22.2 Å². The Morgan fingerprint density at radius 2 is 0.892 bits per heavy atom. The number of hydrogen-bond donors (Lipinski definition) is 2. The van der Waals surface area contributed by atoms with E-state index >= 15 is 0 Å². The number of hydrogen-bond acceptors (Lipinski definition) is 2. The van der Waals surface area contributed by atoms with Crippen LogP contribution in [0.5, 0.6) is 0 Å². The van der Waals surface area contributed by atoms with Gasteiger partial charge in [0, 0.05) is 0 Å². The van der Waals surface area contributed by atoms with Crippen LogP contribution >= 0.6 is 0 Å². The fourth-order valence-electron chi connectivity index (χ4n) is 6.98. The molecule has 3 unspecified atom stereocenters. The lowest BCUT2D eigenvalue weighted by atomic mass is 9.50. The van der Waals surface area contributed by atoms with Gasteiger partial charge in [-0.15, -0.1) is 0 Å². The van der Waals surface area contributed by atoms with Crippen molar-refractivity contribution in [3.8, 4) is 0 Å². The van der Waals surface area contributed by atoms with Gasteiger partial charge in [-0.25, -0.2) is 0 Å². The van der Waals surface area contributed by atoms with Crippen LogP contribution < -0.4 is 0 Å². The molecule has 0 aliphatic heterocycles. The third-order valence-electron chi connectivity index (χ3n) is 9.41. The molecule has 0 bridgehead atoms. The average molecular weight is 523 g/mol. The minimum absolute atomic E-state index is 0.277. The summed E-state index contributed by atoms with van der Waals surface area (Å²) in [6.45, 7) is 6.60. The highest BCUT2D eigenvalue weighted by atomic mass is 16.4. The Balaban J connectivity index is 2.59. The van der Waals surface area contributed by atoms with Gasteiger partial charge < -0.3 is 10.2 Å². The van der Waals surface area contributed by atoms with Gasteiger partial charge in [-0.3, -0.25) is 9.59 Å². The van der Waals surface area contributed by atoms with Crippen molar-refractivity contribution in [2.75, 3.05) is 0 Å². The van der Waals surface area contributed by atoms with Crippen LogP contribution in [0, 0.1) is 16.7 Å². The largest absolute Gasteiger partial charge is 0.481 e. The molecule has 4 nitrogen and oxygen atoms in total. The van der Waals surface area contributed by atoms with Crippen molar-refractivity contribution >= 4 is 11.9 Å². The first-order valence-corrected chi connectivity index (χ1v) is 16.3. The Morgan fingerprint density at radius 3 is 1.24 bits per heavy atom. The minimum atomic E-state index is -1.12. The van der Waals surface area contributed by atoms with Crippen molar-refractivity contribution < 1.29 is 19.8 Å². The van der Waals surface area contributed by atoms with Gasteiger partial charge in [0.2, 0.25) is 0 Å². The third-order valence-corrected chi connectivity index (χ3v) is 9.41. The predicted molar refractivity (Wildman–Crippen MR) is 156 cm³/mol. The molecule has 0 aromatic carbocycles. The van der Waals surface area contributed by atoms with Crippen molar-refractivity contribution in [1.29, 1.82) is 0 Å². The Hall–Kier alpha value is -1.06. The van der Waals surface area contributed by atoms with E-state index in [1.807, 2.05) is 0 Å². The molecule has 37 heavy (non-hydrogen) atoms. The standard InChI is InChI=1S/C33H62O4/c1-4-6-8-10-12-14-16-18-20-22-25-32(30(34)35)27-24-29(3)28-33(32,31(36)37)26-23-21-19-17-15-13-11-9-7-5-2/h29H,4-28H2,1-3H3,(H,34,35)(H,36,37). The Labute approximate surface area is 229 Å². The minimum Gasteiger partial charge on any atom is -0.481 e. The fourth-order valence-corrected chi connectivity index (χ4v) is 6.98. The first-order valence-electron chi connectivity index (χ1n) is 16.3. The smallest absolute Gasteiger partial charge is 0.310 e. The van der Waals surface area contributed by atoms with E-state index in [1.54, 1.807) is 0 Å². The summed E-state index contributed by atoms with van der Waals surface area (Å²) >= 11 is 0. The van der Waals surface area contributed by atoms with E-state index in [0.717, 1.165) is 44.9 Å². The second-order valence-corrected chi connectivity index (χ2v) is 12.5. The van der Waals surface area contributed by atoms with Crippen molar-refractivity contribution in [2.45, 2.75) is 181 Å². The van der Waals surface area contributed by atoms with Gasteiger partial charge in [-0.1, -0.05) is 149 Å². The van der Waals surface area contributed by atoms with Crippen molar-refractivity contribution in [1.82, 2.24) is 0 Å². The van der Waals surface area contributed by atoms with Crippen LogP contribution in [0.2, 0.25) is 0 Å². The predicted octanol–water partition coefficient (Wildman–Crippen LogP) is 10.6. The highest BCUT2D eigenvalue weighted by Crippen LogP contribution is 2.58. The topological polar surface area (TPSA) is 74.6 Å². The molecule has 3 atom stereocenters. The Morgan fingerprint density at radius 1 is 0.568 bits per heavy atom. The van der Waals surface area contributed by atoms with Crippen LogP contribution in [0.3, 0.4) is 0 Å². The number of carbonyl (C=O) groups is 2. The summed E-state index contributed by atoms with van der Waals surface area (Å²) in [5, 5.41) is 21.0. The highest BCUT2D eigenvalue weighted by molar-refractivity contribution is 5.87. The Bertz CT molecular complexity index is 603. The van der Waals surface area contributed by atoms with E-state index in [1.165, 1.54) is 89.9 Å². The molecule has 2 N–H and O–H groups in total. The molecule has 0 saturated heterocycles. The molecule has 1 fully saturated rings. The van der Waals surface area contributed by atoms with E-state index in [2.05, 4.69) is 20.8 Å². The maximum absolute atomic E-state index is 12.9. The fraction of sp³-hybridized carbons (Fsp3) is 0.939. The summed E-state index contributed by atoms with van der Waals surface area (Å²) in [5.74, 6) is -1.44. The summed E-state index contributed by atoms with van der Waals surface area (Å²) in [6.07, 6.45) is 27.0. The lowest BCUT2D eigenvalue weighted by molar-refractivity contribution is -0.185. The van der Waals surface area contributed by atoms with E-state index in [4.69, 9.17) is 0 Å². The van der Waals surface area contributed by atoms with Crippen LogP contribution in [-0.2, 0) is 9.59 Å². The normalized spacial score (nSPS) is 23.8. The number of unbranched alkanes of at least 4 members (excludes halogenated alkanes) is 18. The van der Waals surface area contributed by atoms with Crippen molar-refractivity contribution in [3.05, 3.63) is 0 Å². The zero-order valence-corrected chi connectivity index (χ0v) is 25.0. The molecular weight excluding hydrogens is 460 g/mol. The van der Waals surface area contributed by atoms with E-state index in [-0.39, 0.29) is 5.92 Å². The van der Waals surface area contributed by atoms with Gasteiger partial charge in [0.1, 0.15) is 0 Å². The molecule has 0 spiro atoms. The highest BCUT2D eigenvalue weighted by Gasteiger charge is 2.62. The second kappa shape index (κ2) is 19.9. The van der Waals surface area contributed by atoms with Gasteiger partial charge in [-0.2, -0.15) is 0 Å². The van der Waals surface area contributed by atoms with Gasteiger partial charge in [0.15, 0.2) is 0 Å². The van der Waals surface area contributed by atoms with Crippen LogP contribution in [0.15, 0.2) is 0 Å². The lowest BCUT2D eigenvalue weighted by Gasteiger charge is -2.50. The van der Waals surface area contributed by atoms with Gasteiger partial charge in [-0.05, 0) is 38.0 Å². The van der Waals surface area contributed by atoms with E-state index in [9.17, 15) is 19.8 Å². The molecule has 1 saturated carbocycles. The van der Waals surface area contributed by atoms with Crippen LogP contribution in [0.25, 0.3) is 0 Å². The third kappa shape index (κ3) is 11.7. The summed E-state index contributed by atoms with van der Waals surface area (Å²) in [5.41, 5.74) is -2.22. The molecular formula is C33H62O4. The van der Waals surface area contributed by atoms with Crippen LogP contribution in [0.4, 0.5) is 0 Å². The van der Waals surface area contributed by atoms with Gasteiger partial charge >= 0.3 is 11.9 Å². The molecule has 0 aromatic heterocycles. The number of carboxylic acid groups (broad SMARTS) is 2. The van der Waals surface area contributed by atoms with Crippen molar-refractivity contribution in [2.24, 2.45) is 16.7 Å². The Kier molecular flexibility index (Phi) is 18.3. The molecule has 0 radical (unpaired) electrons. The molecule has 4 heteroatoms. The molecule has 1 aliphatic rings. The van der Waals surface area contributed by atoms with Crippen LogP contribution in [0.1, 0.15) is 181 Å². The molecule has 0 heterocycles. The summed E-state index contributed by atoms with van der Waals surface area (Å²) in [6, 6.07) is 0. The molecule has 1 aliphatic carbocycles. The summed E-state index contributed by atoms with van der Waals surface area (Å²) in [4.78, 5) is 25.7. The zero-order valence-electron chi connectivity index (χ0n) is 25.0. The molecule has 218 valence electrons. The van der Waals surface area contributed by atoms with Crippen molar-refractivity contribution in [3.63, 3.8) is 0 Å². The quantitative estimate of drug-likeness (QED) is 0.124. The monoisotopic (exact) mass is 522 g/mol. The SMILES string of the molecule is CCCCCCCCCCCCC1(C(=O)O)CCC(C)CC1(CCCCCCCCCCCC)C(=O)O. The van der Waals surface area contributed by atoms with E-state index < -0.39 is 22.8 Å². The number of aliphatic carboxylic acids is 2. The van der Waals surface area contributed by atoms with Gasteiger partial charge in [0.05, 0.1) is 10.8 Å². The lowest BCUT2D eigenvalue weighted by Crippen LogP contribution is -2.56. The molecule has 0 amide bonds. The van der Waals surface area contributed by atoms with Gasteiger partial charge in [0.25, 0.3) is 0 Å². The second-order valence-electron chi connectivity index (χ2n) is 12.5. The number of rotatable bonds is 24. The molecule has 1 rings (SSSR count). The number of carboxylic acids is 2. The first kappa shape index (κ1) is 34.0.